The molecule has 1 N–H and O–H groups in total. The minimum atomic E-state index is 0.491. The number of thioether (sulfide) groups is 1. The minimum absolute atomic E-state index is 0.491. The van der Waals surface area contributed by atoms with Crippen LogP contribution in [0.4, 0.5) is 5.82 Å². The molecule has 4 heteroatoms. The van der Waals surface area contributed by atoms with Gasteiger partial charge in [0.15, 0.2) is 0 Å². The molecule has 18 heavy (non-hydrogen) atoms. The third-order valence-corrected chi connectivity index (χ3v) is 4.78. The fourth-order valence-corrected chi connectivity index (χ4v) is 3.81. The fraction of sp³-hybridized carbons (Fsp3) is 0.571. The Hall–Kier alpha value is -1.21. The van der Waals surface area contributed by atoms with Gasteiger partial charge in [-0.2, -0.15) is 17.0 Å². The van der Waals surface area contributed by atoms with Gasteiger partial charge in [-0.1, -0.05) is 0 Å². The van der Waals surface area contributed by atoms with Crippen LogP contribution in [-0.4, -0.2) is 22.5 Å². The molecule has 3 nitrogen and oxygen atoms in total. The first kappa shape index (κ1) is 11.9. The second kappa shape index (κ2) is 5.19. The quantitative estimate of drug-likeness (QED) is 0.887. The van der Waals surface area contributed by atoms with Crippen molar-refractivity contribution in [2.45, 2.75) is 38.1 Å². The molecular weight excluding hydrogens is 242 g/mol. The van der Waals surface area contributed by atoms with E-state index in [0.717, 1.165) is 18.7 Å². The van der Waals surface area contributed by atoms with Crippen molar-refractivity contribution < 1.29 is 0 Å². The van der Waals surface area contributed by atoms with Crippen LogP contribution in [0.3, 0.4) is 0 Å². The van der Waals surface area contributed by atoms with E-state index in [0.29, 0.717) is 11.6 Å². The summed E-state index contributed by atoms with van der Waals surface area (Å²) < 4.78 is 0. The second-order valence-corrected chi connectivity index (χ2v) is 6.21. The summed E-state index contributed by atoms with van der Waals surface area (Å²) in [5.41, 5.74) is 3.19. The molecule has 3 rings (SSSR count). The molecule has 2 aliphatic rings. The lowest BCUT2D eigenvalue weighted by Crippen LogP contribution is -2.25. The van der Waals surface area contributed by atoms with E-state index in [1.165, 1.54) is 42.0 Å². The van der Waals surface area contributed by atoms with Gasteiger partial charge in [0.2, 0.25) is 0 Å². The Balaban J connectivity index is 1.84. The smallest absolute Gasteiger partial charge is 0.144 e. The second-order valence-electron chi connectivity index (χ2n) is 4.99. The van der Waals surface area contributed by atoms with Crippen LogP contribution in [0, 0.1) is 11.3 Å². The predicted octanol–water partition coefficient (Wildman–Crippen LogP) is 2.75. The largest absolute Gasteiger partial charge is 0.366 e. The summed E-state index contributed by atoms with van der Waals surface area (Å²) in [7, 11) is 0. The van der Waals surface area contributed by atoms with Crippen LogP contribution in [0.15, 0.2) is 6.07 Å². The van der Waals surface area contributed by atoms with Gasteiger partial charge in [-0.05, 0) is 55.2 Å². The maximum atomic E-state index is 9.25. The van der Waals surface area contributed by atoms with Crippen molar-refractivity contribution in [1.82, 2.24) is 4.98 Å². The summed E-state index contributed by atoms with van der Waals surface area (Å²) in [6.07, 6.45) is 5.67. The third kappa shape index (κ3) is 2.32. The number of hydrogen-bond acceptors (Lipinski definition) is 4. The minimum Gasteiger partial charge on any atom is -0.366 e. The highest BCUT2D eigenvalue weighted by Gasteiger charge is 2.19. The molecule has 0 radical (unpaired) electrons. The lowest BCUT2D eigenvalue weighted by Gasteiger charge is -2.23. The van der Waals surface area contributed by atoms with Crippen LogP contribution in [0.5, 0.6) is 0 Å². The number of anilines is 1. The summed E-state index contributed by atoms with van der Waals surface area (Å²) >= 11 is 2.01. The van der Waals surface area contributed by atoms with E-state index >= 15 is 0 Å². The average Bonchev–Trinajstić information content (AvgIpc) is 2.86. The molecule has 1 aliphatic carbocycles. The van der Waals surface area contributed by atoms with Gasteiger partial charge >= 0.3 is 0 Å². The first-order valence-electron chi connectivity index (χ1n) is 6.64. The molecule has 1 aromatic heterocycles. The zero-order valence-electron chi connectivity index (χ0n) is 10.4. The standard InChI is InChI=1S/C14H17N3S/c15-9-11-8-10-2-1-3-13(10)17-14(11)16-12-4-6-18-7-5-12/h8,12H,1-7H2,(H,16,17). The highest BCUT2D eigenvalue weighted by Crippen LogP contribution is 2.27. The molecular formula is C14H17N3S. The Labute approximate surface area is 112 Å². The number of aromatic nitrogens is 1. The number of nitrogens with one attached hydrogen (secondary N) is 1. The Morgan fingerprint density at radius 3 is 2.94 bits per heavy atom. The molecule has 0 bridgehead atoms. The van der Waals surface area contributed by atoms with Gasteiger partial charge in [0.25, 0.3) is 0 Å². The lowest BCUT2D eigenvalue weighted by molar-refractivity contribution is 0.663. The van der Waals surface area contributed by atoms with E-state index in [9.17, 15) is 5.26 Å². The number of fused-ring (bicyclic) bond motifs is 1. The van der Waals surface area contributed by atoms with E-state index in [1.807, 2.05) is 17.8 Å². The van der Waals surface area contributed by atoms with Gasteiger partial charge in [-0.15, -0.1) is 0 Å². The van der Waals surface area contributed by atoms with Gasteiger partial charge in [0, 0.05) is 11.7 Å². The van der Waals surface area contributed by atoms with Crippen LogP contribution in [0.2, 0.25) is 0 Å². The van der Waals surface area contributed by atoms with Crippen LogP contribution >= 0.6 is 11.8 Å². The normalized spacial score (nSPS) is 19.3. The van der Waals surface area contributed by atoms with Crippen LogP contribution in [0.25, 0.3) is 0 Å². The Bertz CT molecular complexity index is 487. The molecule has 1 aliphatic heterocycles. The molecule has 0 saturated carbocycles. The maximum Gasteiger partial charge on any atom is 0.144 e. The van der Waals surface area contributed by atoms with Crippen molar-refractivity contribution in [3.05, 3.63) is 22.9 Å². The molecule has 1 saturated heterocycles. The SMILES string of the molecule is N#Cc1cc2c(nc1NC1CCSCC1)CCC2. The molecule has 0 atom stereocenters. The number of hydrogen-bond donors (Lipinski definition) is 1. The predicted molar refractivity (Wildman–Crippen MR) is 74.9 cm³/mol. The van der Waals surface area contributed by atoms with Gasteiger partial charge in [0.1, 0.15) is 11.9 Å². The van der Waals surface area contributed by atoms with E-state index < -0.39 is 0 Å². The first-order chi connectivity index (χ1) is 8.86. The first-order valence-corrected chi connectivity index (χ1v) is 7.79. The lowest BCUT2D eigenvalue weighted by atomic mass is 10.1. The zero-order valence-corrected chi connectivity index (χ0v) is 11.2. The van der Waals surface area contributed by atoms with Crippen molar-refractivity contribution in [2.75, 3.05) is 16.8 Å². The van der Waals surface area contributed by atoms with Crippen LogP contribution in [-0.2, 0) is 12.8 Å². The van der Waals surface area contributed by atoms with Crippen molar-refractivity contribution in [3.63, 3.8) is 0 Å². The zero-order chi connectivity index (χ0) is 12.4. The highest BCUT2D eigenvalue weighted by molar-refractivity contribution is 7.99. The Morgan fingerprint density at radius 1 is 1.33 bits per heavy atom. The van der Waals surface area contributed by atoms with Gasteiger partial charge in [-0.3, -0.25) is 0 Å². The summed E-state index contributed by atoms with van der Waals surface area (Å²) in [5.74, 6) is 3.24. The van der Waals surface area contributed by atoms with Gasteiger partial charge in [-0.25, -0.2) is 4.98 Å². The van der Waals surface area contributed by atoms with Crippen LogP contribution in [0.1, 0.15) is 36.1 Å². The topological polar surface area (TPSA) is 48.7 Å². The van der Waals surface area contributed by atoms with E-state index in [-0.39, 0.29) is 0 Å². The third-order valence-electron chi connectivity index (χ3n) is 3.73. The number of nitrogens with zero attached hydrogens (tertiary/aromatic N) is 2. The fourth-order valence-electron chi connectivity index (χ4n) is 2.70. The molecule has 94 valence electrons. The summed E-state index contributed by atoms with van der Waals surface area (Å²) in [5, 5.41) is 12.7. The van der Waals surface area contributed by atoms with Crippen molar-refractivity contribution in [1.29, 1.82) is 5.26 Å². The summed E-state index contributed by atoms with van der Waals surface area (Å²) in [6, 6.07) is 4.81. The monoisotopic (exact) mass is 259 g/mol. The van der Waals surface area contributed by atoms with E-state index in [4.69, 9.17) is 0 Å². The molecule has 0 amide bonds. The van der Waals surface area contributed by atoms with Gasteiger partial charge < -0.3 is 5.32 Å². The number of nitriles is 1. The summed E-state index contributed by atoms with van der Waals surface area (Å²) in [6.45, 7) is 0. The number of aryl methyl sites for hydroxylation is 2. The molecule has 0 unspecified atom stereocenters. The maximum absolute atomic E-state index is 9.25. The van der Waals surface area contributed by atoms with Crippen molar-refractivity contribution in [2.24, 2.45) is 0 Å². The number of rotatable bonds is 2. The molecule has 2 heterocycles. The van der Waals surface area contributed by atoms with E-state index in [2.05, 4.69) is 16.4 Å². The number of pyridine rings is 1. The highest BCUT2D eigenvalue weighted by atomic mass is 32.2. The molecule has 1 aromatic rings. The molecule has 1 fully saturated rings. The van der Waals surface area contributed by atoms with Gasteiger partial charge in [0.05, 0.1) is 5.56 Å². The van der Waals surface area contributed by atoms with Crippen molar-refractivity contribution >= 4 is 17.6 Å². The van der Waals surface area contributed by atoms with Crippen molar-refractivity contribution in [3.8, 4) is 6.07 Å². The average molecular weight is 259 g/mol. The van der Waals surface area contributed by atoms with E-state index in [1.54, 1.807) is 0 Å². The van der Waals surface area contributed by atoms with Crippen LogP contribution < -0.4 is 5.32 Å². The molecule has 0 aromatic carbocycles. The Morgan fingerprint density at radius 2 is 2.17 bits per heavy atom. The Kier molecular flexibility index (Phi) is 3.42. The summed E-state index contributed by atoms with van der Waals surface area (Å²) in [4.78, 5) is 4.68. The molecule has 0 spiro atoms.